The van der Waals surface area contributed by atoms with E-state index in [2.05, 4.69) is 40.8 Å². The maximum absolute atomic E-state index is 4.57. The van der Waals surface area contributed by atoms with Gasteiger partial charge in [0.1, 0.15) is 11.6 Å². The summed E-state index contributed by atoms with van der Waals surface area (Å²) in [5.74, 6) is 2.60. The van der Waals surface area contributed by atoms with E-state index in [1.807, 2.05) is 24.5 Å². The van der Waals surface area contributed by atoms with Gasteiger partial charge in [0.05, 0.1) is 0 Å². The van der Waals surface area contributed by atoms with Crippen molar-refractivity contribution >= 4 is 11.6 Å². The average molecular weight is 239 g/mol. The fourth-order valence-corrected chi connectivity index (χ4v) is 2.50. The Bertz CT molecular complexity index is 563. The Hall–Kier alpha value is -1.90. The van der Waals surface area contributed by atoms with Crippen molar-refractivity contribution in [3.05, 3.63) is 47.8 Å². The van der Waals surface area contributed by atoms with Crippen LogP contribution < -0.4 is 4.90 Å². The zero-order valence-electron chi connectivity index (χ0n) is 10.8. The zero-order valence-corrected chi connectivity index (χ0v) is 10.8. The molecule has 0 saturated carbocycles. The Balaban J connectivity index is 2.08. The molecule has 3 heteroatoms. The number of pyridine rings is 2. The first kappa shape index (κ1) is 11.2. The topological polar surface area (TPSA) is 29.0 Å². The summed E-state index contributed by atoms with van der Waals surface area (Å²) in [5, 5.41) is 0. The van der Waals surface area contributed by atoms with Gasteiger partial charge in [-0.25, -0.2) is 9.97 Å². The van der Waals surface area contributed by atoms with Crippen LogP contribution >= 0.6 is 0 Å². The number of aromatic nitrogens is 2. The normalized spacial score (nSPS) is 14.1. The first-order chi connectivity index (χ1) is 8.77. The molecule has 0 aliphatic carbocycles. The summed E-state index contributed by atoms with van der Waals surface area (Å²) in [7, 11) is 0. The molecule has 1 aliphatic rings. The molecule has 1 aliphatic heterocycles. The third kappa shape index (κ3) is 1.76. The van der Waals surface area contributed by atoms with Crippen molar-refractivity contribution in [3.63, 3.8) is 0 Å². The summed E-state index contributed by atoms with van der Waals surface area (Å²) in [6.45, 7) is 5.38. The monoisotopic (exact) mass is 239 g/mol. The largest absolute Gasteiger partial charge is 0.310 e. The number of fused-ring (bicyclic) bond motifs is 1. The van der Waals surface area contributed by atoms with E-state index in [0.29, 0.717) is 5.92 Å². The van der Waals surface area contributed by atoms with Crippen molar-refractivity contribution in [2.45, 2.75) is 26.2 Å². The van der Waals surface area contributed by atoms with Crippen LogP contribution in [0, 0.1) is 0 Å². The first-order valence-electron chi connectivity index (χ1n) is 6.43. The van der Waals surface area contributed by atoms with E-state index in [9.17, 15) is 0 Å². The maximum atomic E-state index is 4.57. The summed E-state index contributed by atoms with van der Waals surface area (Å²) in [4.78, 5) is 11.3. The minimum absolute atomic E-state index is 0.474. The van der Waals surface area contributed by atoms with Crippen molar-refractivity contribution in [1.82, 2.24) is 9.97 Å². The molecule has 18 heavy (non-hydrogen) atoms. The van der Waals surface area contributed by atoms with E-state index in [1.165, 1.54) is 11.1 Å². The molecular formula is C15H17N3. The molecule has 0 unspecified atom stereocenters. The number of anilines is 2. The van der Waals surface area contributed by atoms with Crippen molar-refractivity contribution in [2.24, 2.45) is 0 Å². The summed E-state index contributed by atoms with van der Waals surface area (Å²) >= 11 is 0. The van der Waals surface area contributed by atoms with Crippen molar-refractivity contribution in [3.8, 4) is 0 Å². The molecule has 3 heterocycles. The van der Waals surface area contributed by atoms with Crippen LogP contribution in [-0.2, 0) is 6.42 Å². The van der Waals surface area contributed by atoms with Gasteiger partial charge in [-0.2, -0.15) is 0 Å². The fourth-order valence-electron chi connectivity index (χ4n) is 2.50. The van der Waals surface area contributed by atoms with Gasteiger partial charge in [-0.1, -0.05) is 26.0 Å². The number of hydrogen-bond donors (Lipinski definition) is 0. The van der Waals surface area contributed by atoms with Gasteiger partial charge in [0.25, 0.3) is 0 Å². The molecule has 0 aromatic carbocycles. The van der Waals surface area contributed by atoms with Gasteiger partial charge in [-0.15, -0.1) is 0 Å². The lowest BCUT2D eigenvalue weighted by atomic mass is 10.0. The molecule has 92 valence electrons. The van der Waals surface area contributed by atoms with E-state index in [0.717, 1.165) is 24.6 Å². The van der Waals surface area contributed by atoms with Crippen molar-refractivity contribution in [1.29, 1.82) is 0 Å². The van der Waals surface area contributed by atoms with Crippen LogP contribution in [-0.4, -0.2) is 16.5 Å². The number of hydrogen-bond acceptors (Lipinski definition) is 3. The number of nitrogens with zero attached hydrogens (tertiary/aromatic N) is 3. The maximum Gasteiger partial charge on any atom is 0.137 e. The predicted octanol–water partition coefficient (Wildman–Crippen LogP) is 3.29. The van der Waals surface area contributed by atoms with Crippen LogP contribution in [0.4, 0.5) is 11.6 Å². The summed E-state index contributed by atoms with van der Waals surface area (Å²) in [6.07, 6.45) is 4.77. The zero-order chi connectivity index (χ0) is 12.5. The van der Waals surface area contributed by atoms with E-state index >= 15 is 0 Å². The lowest BCUT2D eigenvalue weighted by molar-refractivity contribution is 0.840. The van der Waals surface area contributed by atoms with Crippen LogP contribution in [0.15, 0.2) is 36.7 Å². The molecule has 2 aromatic rings. The summed E-state index contributed by atoms with van der Waals surface area (Å²) in [6, 6.07) is 8.33. The Kier molecular flexibility index (Phi) is 2.74. The van der Waals surface area contributed by atoms with Gasteiger partial charge in [0.15, 0.2) is 0 Å². The predicted molar refractivity (Wildman–Crippen MR) is 73.3 cm³/mol. The molecule has 2 aromatic heterocycles. The van der Waals surface area contributed by atoms with Gasteiger partial charge < -0.3 is 4.90 Å². The van der Waals surface area contributed by atoms with Gasteiger partial charge >= 0.3 is 0 Å². The third-order valence-corrected chi connectivity index (χ3v) is 3.42. The second-order valence-corrected chi connectivity index (χ2v) is 4.96. The minimum Gasteiger partial charge on any atom is -0.310 e. The van der Waals surface area contributed by atoms with Gasteiger partial charge in [0.2, 0.25) is 0 Å². The Labute approximate surface area is 108 Å². The Morgan fingerprint density at radius 2 is 1.78 bits per heavy atom. The highest BCUT2D eigenvalue weighted by Gasteiger charge is 2.24. The first-order valence-corrected chi connectivity index (χ1v) is 6.43. The second-order valence-electron chi connectivity index (χ2n) is 4.96. The van der Waals surface area contributed by atoms with E-state index < -0.39 is 0 Å². The highest BCUT2D eigenvalue weighted by molar-refractivity contribution is 5.66. The third-order valence-electron chi connectivity index (χ3n) is 3.42. The molecule has 0 atom stereocenters. The van der Waals surface area contributed by atoms with Crippen LogP contribution in [0.2, 0.25) is 0 Å². The quantitative estimate of drug-likeness (QED) is 0.805. The van der Waals surface area contributed by atoms with Crippen molar-refractivity contribution in [2.75, 3.05) is 11.4 Å². The molecule has 3 rings (SSSR count). The Morgan fingerprint density at radius 3 is 2.56 bits per heavy atom. The Morgan fingerprint density at radius 1 is 1.06 bits per heavy atom. The molecular weight excluding hydrogens is 222 g/mol. The molecule has 0 N–H and O–H groups in total. The van der Waals surface area contributed by atoms with Crippen LogP contribution in [0.5, 0.6) is 0 Å². The molecule has 3 nitrogen and oxygen atoms in total. The average Bonchev–Trinajstić information content (AvgIpc) is 2.82. The molecule has 0 saturated heterocycles. The van der Waals surface area contributed by atoms with Crippen LogP contribution in [0.3, 0.4) is 0 Å². The van der Waals surface area contributed by atoms with E-state index in [1.54, 1.807) is 0 Å². The fraction of sp³-hybridized carbons (Fsp3) is 0.333. The highest BCUT2D eigenvalue weighted by atomic mass is 15.2. The smallest absolute Gasteiger partial charge is 0.137 e. The van der Waals surface area contributed by atoms with Gasteiger partial charge in [0, 0.05) is 18.9 Å². The molecule has 0 bridgehead atoms. The molecule has 0 fully saturated rings. The highest BCUT2D eigenvalue weighted by Crippen LogP contribution is 2.35. The van der Waals surface area contributed by atoms with Crippen LogP contribution in [0.1, 0.15) is 30.9 Å². The van der Waals surface area contributed by atoms with Crippen LogP contribution in [0.25, 0.3) is 0 Å². The SMILES string of the molecule is CC(C)c1cccnc1N1CCc2cccnc21. The van der Waals surface area contributed by atoms with Crippen molar-refractivity contribution < 1.29 is 0 Å². The van der Waals surface area contributed by atoms with E-state index in [-0.39, 0.29) is 0 Å². The standard InChI is InChI=1S/C15H17N3/c1-11(2)13-6-4-9-17-15(13)18-10-7-12-5-3-8-16-14(12)18/h3-6,8-9,11H,7,10H2,1-2H3. The van der Waals surface area contributed by atoms with E-state index in [4.69, 9.17) is 0 Å². The second kappa shape index (κ2) is 4.41. The minimum atomic E-state index is 0.474. The van der Waals surface area contributed by atoms with Gasteiger partial charge in [-0.05, 0) is 35.6 Å². The molecule has 0 amide bonds. The molecule has 0 radical (unpaired) electrons. The number of rotatable bonds is 2. The lowest BCUT2D eigenvalue weighted by Crippen LogP contribution is -2.18. The van der Waals surface area contributed by atoms with Gasteiger partial charge in [-0.3, -0.25) is 0 Å². The molecule has 0 spiro atoms. The lowest BCUT2D eigenvalue weighted by Gasteiger charge is -2.21. The summed E-state index contributed by atoms with van der Waals surface area (Å²) < 4.78 is 0. The summed E-state index contributed by atoms with van der Waals surface area (Å²) in [5.41, 5.74) is 2.61.